The van der Waals surface area contributed by atoms with Crippen molar-refractivity contribution in [3.63, 3.8) is 0 Å². The lowest BCUT2D eigenvalue weighted by molar-refractivity contribution is -0.132. The molecule has 0 aromatic heterocycles. The average Bonchev–Trinajstić information content (AvgIpc) is 3.21. The fraction of sp³-hybridized carbons (Fsp3) is 0.214. The third kappa shape index (κ3) is 4.45. The van der Waals surface area contributed by atoms with Crippen molar-refractivity contribution in [1.82, 2.24) is 0 Å². The Kier molecular flexibility index (Phi) is 7.43. The van der Waals surface area contributed by atoms with Crippen LogP contribution in [0.25, 0.3) is 5.76 Å². The number of ketones is 1. The van der Waals surface area contributed by atoms with Gasteiger partial charge in [0.2, 0.25) is 5.75 Å². The van der Waals surface area contributed by atoms with Crippen molar-refractivity contribution in [3.8, 4) is 28.7 Å². The molecule has 9 nitrogen and oxygen atoms in total. The zero-order valence-electron chi connectivity index (χ0n) is 21.4. The Bertz CT molecular complexity index is 1410. The molecule has 0 bridgehead atoms. The van der Waals surface area contributed by atoms with Crippen molar-refractivity contribution in [3.05, 3.63) is 77.1 Å². The molecule has 1 N–H and O–H groups in total. The molecule has 198 valence electrons. The second-order valence-corrected chi connectivity index (χ2v) is 8.18. The molecule has 0 radical (unpaired) electrons. The highest BCUT2D eigenvalue weighted by molar-refractivity contribution is 6.51. The molecular weight excluding hydrogens is 497 g/mol. The summed E-state index contributed by atoms with van der Waals surface area (Å²) in [5, 5.41) is 11.4. The van der Waals surface area contributed by atoms with Crippen molar-refractivity contribution in [2.24, 2.45) is 0 Å². The Hall–Kier alpha value is -4.73. The van der Waals surface area contributed by atoms with E-state index in [1.54, 1.807) is 18.2 Å². The number of hydrogen-bond acceptors (Lipinski definition) is 8. The third-order valence-electron chi connectivity index (χ3n) is 6.19. The van der Waals surface area contributed by atoms with Crippen LogP contribution >= 0.6 is 0 Å². The summed E-state index contributed by atoms with van der Waals surface area (Å²) in [6.45, 7) is 0. The van der Waals surface area contributed by atoms with Crippen LogP contribution in [0, 0.1) is 5.82 Å². The molecule has 1 heterocycles. The van der Waals surface area contributed by atoms with E-state index in [0.29, 0.717) is 22.8 Å². The molecule has 1 unspecified atom stereocenters. The number of aliphatic hydroxyl groups is 1. The number of benzene rings is 3. The van der Waals surface area contributed by atoms with Gasteiger partial charge in [0.25, 0.3) is 11.7 Å². The first-order chi connectivity index (χ1) is 18.3. The predicted octanol–water partition coefficient (Wildman–Crippen LogP) is 4.50. The Labute approximate surface area is 218 Å². The standard InChI is InChI=1S/C28H26FNO8/c1-34-19-10-9-15(11-20(19)35-2)25(31)23-24(16-12-21(36-3)27(38-5)22(13-16)37-4)30(28(33)26(23)32)18-8-6-7-17(29)14-18/h6-14,24,31H,1-5H3/b25-23+. The molecule has 1 atom stereocenters. The number of halogens is 1. The number of hydrogen-bond donors (Lipinski definition) is 1. The van der Waals surface area contributed by atoms with E-state index in [4.69, 9.17) is 23.7 Å². The number of nitrogens with zero attached hydrogens (tertiary/aromatic N) is 1. The second kappa shape index (κ2) is 10.7. The number of rotatable bonds is 8. The van der Waals surface area contributed by atoms with E-state index in [-0.39, 0.29) is 28.3 Å². The Balaban J connectivity index is 2.02. The predicted molar refractivity (Wildman–Crippen MR) is 137 cm³/mol. The molecule has 38 heavy (non-hydrogen) atoms. The smallest absolute Gasteiger partial charge is 0.300 e. The summed E-state index contributed by atoms with van der Waals surface area (Å²) in [6, 6.07) is 11.8. The summed E-state index contributed by atoms with van der Waals surface area (Å²) in [7, 11) is 7.19. The molecule has 1 saturated heterocycles. The summed E-state index contributed by atoms with van der Waals surface area (Å²) in [4.78, 5) is 27.9. The summed E-state index contributed by atoms with van der Waals surface area (Å²) in [5.41, 5.74) is 0.459. The molecule has 3 aromatic carbocycles. The number of aliphatic hydroxyl groups excluding tert-OH is 1. The van der Waals surface area contributed by atoms with E-state index >= 15 is 0 Å². The number of ether oxygens (including phenoxy) is 5. The molecule has 1 aliphatic heterocycles. The van der Waals surface area contributed by atoms with Crippen LogP contribution in [0.15, 0.2) is 60.2 Å². The van der Waals surface area contributed by atoms with E-state index < -0.39 is 29.3 Å². The molecule has 3 aromatic rings. The van der Waals surface area contributed by atoms with Crippen LogP contribution in [0.3, 0.4) is 0 Å². The lowest BCUT2D eigenvalue weighted by atomic mass is 9.94. The van der Waals surface area contributed by atoms with Crippen molar-refractivity contribution in [2.45, 2.75) is 6.04 Å². The van der Waals surface area contributed by atoms with Gasteiger partial charge >= 0.3 is 0 Å². The maximum atomic E-state index is 14.2. The van der Waals surface area contributed by atoms with Crippen LogP contribution in [0.2, 0.25) is 0 Å². The van der Waals surface area contributed by atoms with Gasteiger partial charge in [0.05, 0.1) is 47.2 Å². The monoisotopic (exact) mass is 523 g/mol. The number of amides is 1. The number of anilines is 1. The second-order valence-electron chi connectivity index (χ2n) is 8.18. The van der Waals surface area contributed by atoms with E-state index in [0.717, 1.165) is 11.0 Å². The molecule has 1 fully saturated rings. The molecule has 1 aliphatic rings. The highest BCUT2D eigenvalue weighted by Gasteiger charge is 2.47. The third-order valence-corrected chi connectivity index (χ3v) is 6.19. The highest BCUT2D eigenvalue weighted by Crippen LogP contribution is 2.47. The van der Waals surface area contributed by atoms with Crippen LogP contribution in [0.1, 0.15) is 17.2 Å². The van der Waals surface area contributed by atoms with Crippen molar-refractivity contribution < 1.29 is 42.8 Å². The maximum absolute atomic E-state index is 14.2. The molecule has 4 rings (SSSR count). The van der Waals surface area contributed by atoms with Crippen LogP contribution in [0.4, 0.5) is 10.1 Å². The SMILES string of the molecule is COc1ccc(/C(O)=C2\C(=O)C(=O)N(c3cccc(F)c3)C2c2cc(OC)c(OC)c(OC)c2)cc1OC. The largest absolute Gasteiger partial charge is 0.507 e. The van der Waals surface area contributed by atoms with Gasteiger partial charge in [0, 0.05) is 11.3 Å². The number of methoxy groups -OCH3 is 5. The van der Waals surface area contributed by atoms with Gasteiger partial charge in [0.15, 0.2) is 23.0 Å². The minimum absolute atomic E-state index is 0.122. The van der Waals surface area contributed by atoms with Crippen molar-refractivity contribution >= 4 is 23.1 Å². The lowest BCUT2D eigenvalue weighted by Gasteiger charge is -2.26. The molecule has 10 heteroatoms. The lowest BCUT2D eigenvalue weighted by Crippen LogP contribution is -2.29. The van der Waals surface area contributed by atoms with Crippen LogP contribution < -0.4 is 28.6 Å². The Morgan fingerprint density at radius 2 is 1.42 bits per heavy atom. The summed E-state index contributed by atoms with van der Waals surface area (Å²) in [5.74, 6) is -1.44. The zero-order valence-corrected chi connectivity index (χ0v) is 21.4. The van der Waals surface area contributed by atoms with Gasteiger partial charge in [-0.2, -0.15) is 0 Å². The van der Waals surface area contributed by atoms with Gasteiger partial charge < -0.3 is 28.8 Å². The minimum Gasteiger partial charge on any atom is -0.507 e. The van der Waals surface area contributed by atoms with Gasteiger partial charge in [0.1, 0.15) is 11.6 Å². The number of carbonyl (C=O) groups is 2. The first kappa shape index (κ1) is 26.3. The quantitative estimate of drug-likeness (QED) is 0.262. The van der Waals surface area contributed by atoms with Gasteiger partial charge in [-0.3, -0.25) is 14.5 Å². The van der Waals surface area contributed by atoms with E-state index in [9.17, 15) is 19.1 Å². The van der Waals surface area contributed by atoms with Gasteiger partial charge in [-0.15, -0.1) is 0 Å². The number of Topliss-reactive ketones (excluding diaryl/α,β-unsaturated/α-hetero) is 1. The van der Waals surface area contributed by atoms with Gasteiger partial charge in [-0.1, -0.05) is 6.07 Å². The van der Waals surface area contributed by atoms with Crippen LogP contribution in [-0.2, 0) is 9.59 Å². The van der Waals surface area contributed by atoms with Crippen molar-refractivity contribution in [1.29, 1.82) is 0 Å². The first-order valence-electron chi connectivity index (χ1n) is 11.4. The zero-order chi connectivity index (χ0) is 27.6. The fourth-order valence-electron chi connectivity index (χ4n) is 4.44. The maximum Gasteiger partial charge on any atom is 0.300 e. The molecule has 1 amide bonds. The van der Waals surface area contributed by atoms with Crippen LogP contribution in [0.5, 0.6) is 28.7 Å². The summed E-state index contributed by atoms with van der Waals surface area (Å²) in [6.07, 6.45) is 0. The summed E-state index contributed by atoms with van der Waals surface area (Å²) < 4.78 is 41.1. The highest BCUT2D eigenvalue weighted by atomic mass is 19.1. The topological polar surface area (TPSA) is 104 Å². The van der Waals surface area contributed by atoms with E-state index in [1.165, 1.54) is 65.9 Å². The Morgan fingerprint density at radius 3 is 1.97 bits per heavy atom. The normalized spacial score (nSPS) is 16.4. The van der Waals surface area contributed by atoms with E-state index in [1.807, 2.05) is 0 Å². The minimum atomic E-state index is -1.17. The summed E-state index contributed by atoms with van der Waals surface area (Å²) >= 11 is 0. The molecule has 0 aliphatic carbocycles. The van der Waals surface area contributed by atoms with Gasteiger partial charge in [-0.05, 0) is 54.1 Å². The number of carbonyl (C=O) groups excluding carboxylic acids is 2. The van der Waals surface area contributed by atoms with Crippen molar-refractivity contribution in [2.75, 3.05) is 40.4 Å². The fourth-order valence-corrected chi connectivity index (χ4v) is 4.44. The molecule has 0 saturated carbocycles. The average molecular weight is 524 g/mol. The van der Waals surface area contributed by atoms with Crippen LogP contribution in [-0.4, -0.2) is 52.3 Å². The molecule has 0 spiro atoms. The first-order valence-corrected chi connectivity index (χ1v) is 11.4. The Morgan fingerprint density at radius 1 is 0.789 bits per heavy atom. The van der Waals surface area contributed by atoms with E-state index in [2.05, 4.69) is 0 Å². The molecular formula is C28H26FNO8. The van der Waals surface area contributed by atoms with Gasteiger partial charge in [-0.25, -0.2) is 4.39 Å².